The molecule has 0 amide bonds. The number of nitrogens with zero attached hydrogens (tertiary/aromatic N) is 3. The third kappa shape index (κ3) is 2.36. The number of aryl methyl sites for hydroxylation is 2. The molecule has 18 heavy (non-hydrogen) atoms. The molecule has 0 fully saturated rings. The third-order valence-corrected chi connectivity index (χ3v) is 3.08. The van der Waals surface area contributed by atoms with E-state index in [9.17, 15) is 0 Å². The molecule has 0 aliphatic heterocycles. The van der Waals surface area contributed by atoms with Crippen LogP contribution in [0.5, 0.6) is 0 Å². The molecule has 0 spiro atoms. The van der Waals surface area contributed by atoms with E-state index in [1.54, 1.807) is 6.20 Å². The molecule has 2 heterocycles. The van der Waals surface area contributed by atoms with Gasteiger partial charge in [-0.05, 0) is 12.5 Å². The molecule has 0 radical (unpaired) electrons. The lowest BCUT2D eigenvalue weighted by Gasteiger charge is -2.14. The highest BCUT2D eigenvalue weighted by Crippen LogP contribution is 2.21. The van der Waals surface area contributed by atoms with Gasteiger partial charge in [0.25, 0.3) is 0 Å². The van der Waals surface area contributed by atoms with E-state index in [2.05, 4.69) is 33.7 Å². The van der Waals surface area contributed by atoms with Crippen LogP contribution in [0.3, 0.4) is 0 Å². The molecule has 2 aromatic rings. The van der Waals surface area contributed by atoms with Crippen molar-refractivity contribution in [2.24, 2.45) is 12.9 Å². The summed E-state index contributed by atoms with van der Waals surface area (Å²) in [6.07, 6.45) is 3.32. The summed E-state index contributed by atoms with van der Waals surface area (Å²) in [6, 6.07) is 2.00. The molecule has 0 aliphatic rings. The van der Waals surface area contributed by atoms with Crippen molar-refractivity contribution in [3.05, 3.63) is 29.2 Å². The van der Waals surface area contributed by atoms with Crippen molar-refractivity contribution in [2.45, 2.75) is 25.8 Å². The number of nitrogens with two attached hydrogens (primary N) is 2. The zero-order valence-corrected chi connectivity index (χ0v) is 10.6. The Morgan fingerprint density at radius 2 is 2.33 bits per heavy atom. The Labute approximate surface area is 106 Å². The van der Waals surface area contributed by atoms with Crippen LogP contribution in [0.25, 0.3) is 0 Å². The average Bonchev–Trinajstić information content (AvgIpc) is 2.93. The number of hydrogen-bond donors (Lipinski definition) is 4. The average molecular weight is 249 g/mol. The number of hydrogen-bond acceptors (Lipinski definition) is 5. The largest absolute Gasteiger partial charge is 0.384 e. The van der Waals surface area contributed by atoms with Crippen molar-refractivity contribution in [3.63, 3.8) is 0 Å². The fourth-order valence-corrected chi connectivity index (χ4v) is 1.99. The first-order chi connectivity index (χ1) is 8.65. The third-order valence-electron chi connectivity index (χ3n) is 3.08. The van der Waals surface area contributed by atoms with E-state index < -0.39 is 0 Å². The van der Waals surface area contributed by atoms with Crippen LogP contribution >= 0.6 is 0 Å². The van der Waals surface area contributed by atoms with Crippen LogP contribution < -0.4 is 17.0 Å². The Bertz CT molecular complexity index is 513. The monoisotopic (exact) mass is 249 g/mol. The van der Waals surface area contributed by atoms with Crippen molar-refractivity contribution in [1.82, 2.24) is 25.4 Å². The molecule has 0 saturated heterocycles. The number of hydrazine groups is 1. The Hall–Kier alpha value is -1.86. The fraction of sp³-hybridized carbons (Fsp3) is 0.455. The van der Waals surface area contributed by atoms with Crippen LogP contribution in [0.1, 0.15) is 29.9 Å². The summed E-state index contributed by atoms with van der Waals surface area (Å²) in [6.45, 7) is 2.08. The van der Waals surface area contributed by atoms with Crippen molar-refractivity contribution in [1.29, 1.82) is 0 Å². The first-order valence-corrected chi connectivity index (χ1v) is 5.92. The zero-order chi connectivity index (χ0) is 13.1. The van der Waals surface area contributed by atoms with Gasteiger partial charge < -0.3 is 5.73 Å². The van der Waals surface area contributed by atoms with Gasteiger partial charge in [0, 0.05) is 24.7 Å². The molecular weight excluding hydrogens is 230 g/mol. The van der Waals surface area contributed by atoms with E-state index in [4.69, 9.17) is 11.6 Å². The number of rotatable bonds is 5. The molecule has 0 bridgehead atoms. The minimum absolute atomic E-state index is 0.0798. The molecule has 0 aliphatic carbocycles. The normalized spacial score (nSPS) is 12.8. The minimum atomic E-state index is -0.0798. The maximum Gasteiger partial charge on any atom is 0.123 e. The first kappa shape index (κ1) is 12.6. The van der Waals surface area contributed by atoms with E-state index in [-0.39, 0.29) is 6.04 Å². The highest BCUT2D eigenvalue weighted by Gasteiger charge is 2.17. The molecule has 1 unspecified atom stereocenters. The predicted molar refractivity (Wildman–Crippen MR) is 69.4 cm³/mol. The number of aromatic nitrogens is 4. The predicted octanol–water partition coefficient (Wildman–Crippen LogP) is 0.0349. The smallest absolute Gasteiger partial charge is 0.123 e. The maximum absolute atomic E-state index is 5.80. The van der Waals surface area contributed by atoms with Gasteiger partial charge in [-0.25, -0.2) is 0 Å². The first-order valence-electron chi connectivity index (χ1n) is 5.92. The van der Waals surface area contributed by atoms with Gasteiger partial charge in [-0.1, -0.05) is 6.92 Å². The Kier molecular flexibility index (Phi) is 3.63. The zero-order valence-electron chi connectivity index (χ0n) is 10.6. The lowest BCUT2D eigenvalue weighted by molar-refractivity contribution is 0.531. The van der Waals surface area contributed by atoms with Gasteiger partial charge in [-0.3, -0.25) is 21.0 Å². The molecule has 0 saturated carbocycles. The number of nitrogens with one attached hydrogen (secondary N) is 2. The van der Waals surface area contributed by atoms with Crippen molar-refractivity contribution < 1.29 is 0 Å². The molecule has 2 aromatic heterocycles. The summed E-state index contributed by atoms with van der Waals surface area (Å²) < 4.78 is 1.87. The molecule has 98 valence electrons. The summed E-state index contributed by atoms with van der Waals surface area (Å²) in [4.78, 5) is 0. The molecule has 7 nitrogen and oxygen atoms in total. The lowest BCUT2D eigenvalue weighted by Crippen LogP contribution is -2.30. The van der Waals surface area contributed by atoms with E-state index >= 15 is 0 Å². The number of H-pyrrole nitrogens is 1. The molecule has 2 rings (SSSR count). The second-order valence-electron chi connectivity index (χ2n) is 4.27. The summed E-state index contributed by atoms with van der Waals surface area (Å²) in [5, 5.41) is 11.0. The standard InChI is InChI=1S/C11H19N7/c1-3-7-4-8(18(2)17-7)5-10(15-13)9-6-14-16-11(9)12/h4,6,10,15H,3,5,13H2,1-2H3,(H3,12,14,16). The highest BCUT2D eigenvalue weighted by atomic mass is 15.3. The highest BCUT2D eigenvalue weighted by molar-refractivity contribution is 5.39. The maximum atomic E-state index is 5.80. The lowest BCUT2D eigenvalue weighted by atomic mass is 10.1. The van der Waals surface area contributed by atoms with Crippen LogP contribution in [0, 0.1) is 0 Å². The SMILES string of the molecule is CCc1cc(CC(NN)c2cn[nH]c2N)n(C)n1. The van der Waals surface area contributed by atoms with Crippen LogP contribution in [0.15, 0.2) is 12.3 Å². The van der Waals surface area contributed by atoms with Gasteiger partial charge >= 0.3 is 0 Å². The van der Waals surface area contributed by atoms with Crippen molar-refractivity contribution in [2.75, 3.05) is 5.73 Å². The molecular formula is C11H19N7. The van der Waals surface area contributed by atoms with Crippen LogP contribution in [0.4, 0.5) is 5.82 Å². The second-order valence-corrected chi connectivity index (χ2v) is 4.27. The van der Waals surface area contributed by atoms with Crippen molar-refractivity contribution >= 4 is 5.82 Å². The number of aromatic amines is 1. The summed E-state index contributed by atoms with van der Waals surface area (Å²) in [5.74, 6) is 6.13. The van der Waals surface area contributed by atoms with Gasteiger partial charge in [-0.15, -0.1) is 0 Å². The Morgan fingerprint density at radius 1 is 1.56 bits per heavy atom. The summed E-state index contributed by atoms with van der Waals surface area (Å²) in [7, 11) is 1.93. The van der Waals surface area contributed by atoms with Crippen LogP contribution in [-0.2, 0) is 19.9 Å². The van der Waals surface area contributed by atoms with Crippen LogP contribution in [-0.4, -0.2) is 20.0 Å². The fourth-order valence-electron chi connectivity index (χ4n) is 1.99. The Balaban J connectivity index is 2.20. The summed E-state index contributed by atoms with van der Waals surface area (Å²) in [5.41, 5.74) is 11.6. The topological polar surface area (TPSA) is 111 Å². The van der Waals surface area contributed by atoms with Gasteiger partial charge in [0.1, 0.15) is 5.82 Å². The van der Waals surface area contributed by atoms with Gasteiger partial charge in [0.2, 0.25) is 0 Å². The van der Waals surface area contributed by atoms with Gasteiger partial charge in [-0.2, -0.15) is 10.2 Å². The van der Waals surface area contributed by atoms with E-state index in [1.807, 2.05) is 11.7 Å². The second kappa shape index (κ2) is 5.19. The summed E-state index contributed by atoms with van der Waals surface area (Å²) >= 11 is 0. The Morgan fingerprint density at radius 3 is 2.83 bits per heavy atom. The van der Waals surface area contributed by atoms with Gasteiger partial charge in [0.15, 0.2) is 0 Å². The molecule has 1 atom stereocenters. The molecule has 7 heteroatoms. The number of nitrogen functional groups attached to an aromatic ring is 1. The van der Waals surface area contributed by atoms with E-state index in [1.165, 1.54) is 0 Å². The number of anilines is 1. The van der Waals surface area contributed by atoms with Crippen molar-refractivity contribution in [3.8, 4) is 0 Å². The van der Waals surface area contributed by atoms with Crippen LogP contribution in [0.2, 0.25) is 0 Å². The molecule has 6 N–H and O–H groups in total. The van der Waals surface area contributed by atoms with E-state index in [0.717, 1.165) is 23.4 Å². The molecule has 0 aromatic carbocycles. The van der Waals surface area contributed by atoms with Gasteiger partial charge in [0.05, 0.1) is 17.9 Å². The van der Waals surface area contributed by atoms with E-state index in [0.29, 0.717) is 12.2 Å². The minimum Gasteiger partial charge on any atom is -0.384 e. The quantitative estimate of drug-likeness (QED) is 0.441.